The molecule has 0 aromatic heterocycles. The first-order valence-corrected chi connectivity index (χ1v) is 4.78. The summed E-state index contributed by atoms with van der Waals surface area (Å²) in [4.78, 5) is 25.4. The fourth-order valence-corrected chi connectivity index (χ4v) is 1.67. The van der Waals surface area contributed by atoms with Gasteiger partial charge in [-0.05, 0) is 6.08 Å². The van der Waals surface area contributed by atoms with Gasteiger partial charge >= 0.3 is 5.97 Å². The quantitative estimate of drug-likeness (QED) is 0.346. The van der Waals surface area contributed by atoms with E-state index in [-0.39, 0.29) is 12.2 Å². The Hall–Kier alpha value is -1.97. The minimum atomic E-state index is -1.02. The normalized spacial score (nSPS) is 26.8. The van der Waals surface area contributed by atoms with Crippen LogP contribution >= 0.6 is 0 Å². The zero-order valence-electron chi connectivity index (χ0n) is 8.54. The molecule has 1 saturated heterocycles. The van der Waals surface area contributed by atoms with E-state index in [2.05, 4.69) is 16.3 Å². The molecule has 9 heteroatoms. The van der Waals surface area contributed by atoms with E-state index in [1.54, 1.807) is 0 Å². The Bertz CT molecular complexity index is 418. The molecule has 4 N–H and O–H groups in total. The van der Waals surface area contributed by atoms with E-state index in [0.717, 1.165) is 0 Å². The van der Waals surface area contributed by atoms with Crippen LogP contribution in [0.5, 0.6) is 0 Å². The van der Waals surface area contributed by atoms with Gasteiger partial charge in [-0.15, -0.1) is 0 Å². The summed E-state index contributed by atoms with van der Waals surface area (Å²) in [6, 6.07) is -1.15. The third-order valence-corrected chi connectivity index (χ3v) is 2.45. The lowest BCUT2D eigenvalue weighted by Crippen LogP contribution is -2.45. The molecule has 0 saturated carbocycles. The van der Waals surface area contributed by atoms with Crippen molar-refractivity contribution in [3.05, 3.63) is 33.7 Å². The van der Waals surface area contributed by atoms with Crippen molar-refractivity contribution in [2.45, 2.75) is 12.1 Å². The highest BCUT2D eigenvalue weighted by Gasteiger charge is 2.42. The van der Waals surface area contributed by atoms with E-state index in [1.807, 2.05) is 0 Å². The first-order valence-electron chi connectivity index (χ1n) is 4.78. The summed E-state index contributed by atoms with van der Waals surface area (Å²) in [6.07, 6.45) is 2.78. The molecule has 0 aromatic rings. The fraction of sp³-hybridized carbons (Fsp3) is 0.375. The summed E-state index contributed by atoms with van der Waals surface area (Å²) in [5.74, 6) is -1.02. The van der Waals surface area contributed by atoms with Gasteiger partial charge in [-0.25, -0.2) is 4.94 Å². The van der Waals surface area contributed by atoms with Crippen LogP contribution in [0.3, 0.4) is 0 Å². The van der Waals surface area contributed by atoms with Crippen LogP contribution in [0.1, 0.15) is 0 Å². The van der Waals surface area contributed by atoms with Crippen LogP contribution in [-0.2, 0) is 9.73 Å². The molecule has 0 bridgehead atoms. The number of nitrogens with one attached hydrogen (secondary N) is 3. The van der Waals surface area contributed by atoms with Gasteiger partial charge in [-0.2, -0.15) is 11.0 Å². The van der Waals surface area contributed by atoms with Gasteiger partial charge in [-0.1, -0.05) is 0 Å². The van der Waals surface area contributed by atoms with Crippen molar-refractivity contribution in [3.63, 3.8) is 0 Å². The number of hydrogen-bond donors (Lipinski definition) is 4. The Labute approximate surface area is 95.2 Å². The van der Waals surface area contributed by atoms with Gasteiger partial charge in [0.25, 0.3) is 5.70 Å². The van der Waals surface area contributed by atoms with Crippen molar-refractivity contribution in [1.29, 1.82) is 0 Å². The van der Waals surface area contributed by atoms with Gasteiger partial charge in [0, 0.05) is 11.8 Å². The molecule has 1 aliphatic carbocycles. The molecule has 1 unspecified atom stereocenters. The average Bonchev–Trinajstić information content (AvgIpc) is 2.73. The lowest BCUT2D eigenvalue weighted by atomic mass is 9.98. The third kappa shape index (κ3) is 2.25. The van der Waals surface area contributed by atoms with Crippen molar-refractivity contribution >= 4 is 5.97 Å². The minimum absolute atomic E-state index is 0.0409. The van der Waals surface area contributed by atoms with Crippen molar-refractivity contribution in [1.82, 2.24) is 16.3 Å². The highest BCUT2D eigenvalue weighted by Crippen LogP contribution is 2.21. The van der Waals surface area contributed by atoms with E-state index in [1.165, 1.54) is 12.2 Å². The number of hydroxylamine groups is 2. The Morgan fingerprint density at radius 1 is 1.53 bits per heavy atom. The summed E-state index contributed by atoms with van der Waals surface area (Å²) in [5, 5.41) is 21.9. The van der Waals surface area contributed by atoms with Gasteiger partial charge < -0.3 is 10.4 Å². The largest absolute Gasteiger partial charge is 0.480 e. The zero-order chi connectivity index (χ0) is 12.4. The van der Waals surface area contributed by atoms with Crippen LogP contribution in [0, 0.1) is 10.1 Å². The topological polar surface area (TPSA) is 126 Å². The van der Waals surface area contributed by atoms with Gasteiger partial charge in [0.1, 0.15) is 18.6 Å². The van der Waals surface area contributed by atoms with E-state index >= 15 is 0 Å². The third-order valence-electron chi connectivity index (χ3n) is 2.45. The predicted octanol–water partition coefficient (Wildman–Crippen LogP) is -1.50. The van der Waals surface area contributed by atoms with E-state index < -0.39 is 23.0 Å². The molecule has 9 nitrogen and oxygen atoms in total. The number of allylic oxidation sites excluding steroid dienone is 2. The molecule has 1 fully saturated rings. The maximum atomic E-state index is 10.7. The Morgan fingerprint density at radius 3 is 2.88 bits per heavy atom. The molecule has 92 valence electrons. The van der Waals surface area contributed by atoms with Crippen molar-refractivity contribution in [3.8, 4) is 0 Å². The number of fused-ring (bicyclic) bond motifs is 1. The van der Waals surface area contributed by atoms with Gasteiger partial charge in [0.2, 0.25) is 0 Å². The number of nitrogens with zero attached hydrogens (tertiary/aromatic N) is 1. The smallest absolute Gasteiger partial charge is 0.322 e. The number of carbonyl (C=O) groups is 1. The molecular weight excluding hydrogens is 232 g/mol. The predicted molar refractivity (Wildman–Crippen MR) is 53.7 cm³/mol. The average molecular weight is 242 g/mol. The number of aliphatic carboxylic acids is 1. The summed E-state index contributed by atoms with van der Waals surface area (Å²) >= 11 is 0. The summed E-state index contributed by atoms with van der Waals surface area (Å²) in [7, 11) is 0. The fourth-order valence-electron chi connectivity index (χ4n) is 1.67. The molecule has 0 amide bonds. The van der Waals surface area contributed by atoms with Crippen molar-refractivity contribution in [2.75, 3.05) is 6.54 Å². The summed E-state index contributed by atoms with van der Waals surface area (Å²) in [5.41, 5.74) is 5.48. The molecule has 0 aromatic carbocycles. The second-order valence-corrected chi connectivity index (χ2v) is 3.51. The molecule has 1 aliphatic heterocycles. The van der Waals surface area contributed by atoms with E-state index in [0.29, 0.717) is 5.70 Å². The van der Waals surface area contributed by atoms with Crippen LogP contribution in [0.25, 0.3) is 0 Å². The Balaban J connectivity index is 2.16. The van der Waals surface area contributed by atoms with Crippen LogP contribution in [0.4, 0.5) is 0 Å². The molecule has 2 aliphatic rings. The lowest BCUT2D eigenvalue weighted by Gasteiger charge is -2.21. The van der Waals surface area contributed by atoms with Gasteiger partial charge in [0.05, 0.1) is 4.92 Å². The molecule has 0 spiro atoms. The van der Waals surface area contributed by atoms with Crippen LogP contribution in [0.15, 0.2) is 23.5 Å². The highest BCUT2D eigenvalue weighted by molar-refractivity contribution is 5.69. The van der Waals surface area contributed by atoms with E-state index in [9.17, 15) is 14.9 Å². The first kappa shape index (κ1) is 11.5. The molecule has 2 rings (SSSR count). The molecular formula is C8H10N4O5. The molecule has 2 atom stereocenters. The number of rotatable bonds is 4. The second-order valence-electron chi connectivity index (χ2n) is 3.51. The minimum Gasteiger partial charge on any atom is -0.480 e. The number of carboxylic acid groups (broad SMARTS) is 1. The van der Waals surface area contributed by atoms with Crippen LogP contribution in [0.2, 0.25) is 0 Å². The monoisotopic (exact) mass is 242 g/mol. The van der Waals surface area contributed by atoms with Crippen LogP contribution < -0.4 is 16.3 Å². The second kappa shape index (κ2) is 4.49. The van der Waals surface area contributed by atoms with E-state index in [4.69, 9.17) is 10.0 Å². The Morgan fingerprint density at radius 2 is 2.24 bits per heavy atom. The summed E-state index contributed by atoms with van der Waals surface area (Å²) in [6.45, 7) is -0.266. The van der Waals surface area contributed by atoms with Gasteiger partial charge in [0.15, 0.2) is 0 Å². The molecule has 0 radical (unpaired) electrons. The summed E-state index contributed by atoms with van der Waals surface area (Å²) < 4.78 is 0. The molecule has 1 heterocycles. The van der Waals surface area contributed by atoms with Crippen molar-refractivity contribution in [2.24, 2.45) is 0 Å². The number of hydrogen-bond acceptors (Lipinski definition) is 7. The number of nitro groups is 1. The van der Waals surface area contributed by atoms with Crippen molar-refractivity contribution < 1.29 is 19.8 Å². The first-order chi connectivity index (χ1) is 8.09. The highest BCUT2D eigenvalue weighted by atomic mass is 16.8. The Kier molecular flexibility index (Phi) is 3.04. The SMILES string of the molecule is O=C(O)CNC1=CC=C([N+](=O)[O-])[C@H]2NONC12. The molecule has 17 heavy (non-hydrogen) atoms. The standard InChI is InChI=1S/C8H10N4O5/c13-6(14)3-9-4-1-2-5(12(15)16)8-7(4)10-17-11-8/h1-2,7-11H,3H2,(H,13,14)/t7?,8-/m1/s1. The van der Waals surface area contributed by atoms with Gasteiger partial charge in [-0.3, -0.25) is 14.9 Å². The maximum Gasteiger partial charge on any atom is 0.322 e. The van der Waals surface area contributed by atoms with Crippen LogP contribution in [-0.4, -0.2) is 34.6 Å². The lowest BCUT2D eigenvalue weighted by molar-refractivity contribution is -0.431. The zero-order valence-corrected chi connectivity index (χ0v) is 8.54. The number of carboxylic acids is 1. The maximum absolute atomic E-state index is 10.7.